The Morgan fingerprint density at radius 3 is 2.38 bits per heavy atom. The van der Waals surface area contributed by atoms with E-state index in [1.807, 2.05) is 12.1 Å². The topological polar surface area (TPSA) is 21.3 Å². The Labute approximate surface area is 128 Å². The average Bonchev–Trinajstić information content (AvgIpc) is 2.48. The van der Waals surface area contributed by atoms with Gasteiger partial charge in [0.15, 0.2) is 0 Å². The van der Waals surface area contributed by atoms with E-state index in [1.165, 1.54) is 16.7 Å². The smallest absolute Gasteiger partial charge is 0.122 e. The van der Waals surface area contributed by atoms with Crippen molar-refractivity contribution in [1.82, 2.24) is 5.32 Å². The van der Waals surface area contributed by atoms with E-state index in [2.05, 4.69) is 62.5 Å². The Balaban J connectivity index is 2.01. The van der Waals surface area contributed by atoms with E-state index in [0.717, 1.165) is 12.2 Å². The van der Waals surface area contributed by atoms with Crippen LogP contribution in [0.5, 0.6) is 5.75 Å². The molecule has 2 atom stereocenters. The van der Waals surface area contributed by atoms with Crippen LogP contribution in [0.1, 0.15) is 36.6 Å². The number of aryl methyl sites for hydroxylation is 1. The highest BCUT2D eigenvalue weighted by molar-refractivity contribution is 5.34. The van der Waals surface area contributed by atoms with Gasteiger partial charge in [-0.25, -0.2) is 0 Å². The summed E-state index contributed by atoms with van der Waals surface area (Å²) < 4.78 is 5.43. The van der Waals surface area contributed by atoms with Crippen molar-refractivity contribution < 1.29 is 4.74 Å². The lowest BCUT2D eigenvalue weighted by atomic mass is 10.0. The summed E-state index contributed by atoms with van der Waals surface area (Å²) in [5, 5.41) is 3.68. The molecule has 0 aliphatic heterocycles. The number of methoxy groups -OCH3 is 1. The molecule has 0 fully saturated rings. The second-order valence-electron chi connectivity index (χ2n) is 5.66. The molecule has 2 aromatic rings. The lowest BCUT2D eigenvalue weighted by molar-refractivity contribution is 0.403. The van der Waals surface area contributed by atoms with E-state index in [0.29, 0.717) is 12.1 Å². The fraction of sp³-hybridized carbons (Fsp3) is 0.368. The molecule has 0 amide bonds. The SMILES string of the molecule is COc1ccccc1CC(C)N[C@H](C)c1ccccc1C. The van der Waals surface area contributed by atoms with Gasteiger partial charge in [0.1, 0.15) is 5.75 Å². The second kappa shape index (κ2) is 7.28. The van der Waals surface area contributed by atoms with Gasteiger partial charge >= 0.3 is 0 Å². The molecule has 2 rings (SSSR count). The lowest BCUT2D eigenvalue weighted by Gasteiger charge is -2.22. The lowest BCUT2D eigenvalue weighted by Crippen LogP contribution is -2.31. The van der Waals surface area contributed by atoms with Crippen molar-refractivity contribution in [2.24, 2.45) is 0 Å². The third-order valence-electron chi connectivity index (χ3n) is 3.91. The fourth-order valence-corrected chi connectivity index (χ4v) is 2.85. The molecule has 1 N–H and O–H groups in total. The maximum Gasteiger partial charge on any atom is 0.122 e. The summed E-state index contributed by atoms with van der Waals surface area (Å²) in [7, 11) is 1.73. The molecule has 0 aliphatic carbocycles. The van der Waals surface area contributed by atoms with Gasteiger partial charge in [0, 0.05) is 12.1 Å². The van der Waals surface area contributed by atoms with Crippen LogP contribution >= 0.6 is 0 Å². The first kappa shape index (κ1) is 15.6. The fourth-order valence-electron chi connectivity index (χ4n) is 2.85. The van der Waals surface area contributed by atoms with Gasteiger partial charge in [-0.1, -0.05) is 42.5 Å². The molecule has 1 unspecified atom stereocenters. The summed E-state index contributed by atoms with van der Waals surface area (Å²) in [6.07, 6.45) is 0.959. The van der Waals surface area contributed by atoms with Gasteiger partial charge in [0.2, 0.25) is 0 Å². The van der Waals surface area contributed by atoms with Crippen molar-refractivity contribution in [3.63, 3.8) is 0 Å². The predicted molar refractivity (Wildman–Crippen MR) is 88.9 cm³/mol. The minimum atomic E-state index is 0.343. The molecule has 0 saturated carbocycles. The normalized spacial score (nSPS) is 13.7. The summed E-state index contributed by atoms with van der Waals surface area (Å²) in [6.45, 7) is 6.61. The minimum Gasteiger partial charge on any atom is -0.496 e. The van der Waals surface area contributed by atoms with Crippen LogP contribution < -0.4 is 10.1 Å². The van der Waals surface area contributed by atoms with Gasteiger partial charge in [-0.3, -0.25) is 0 Å². The predicted octanol–water partition coefficient (Wildman–Crippen LogP) is 4.29. The summed E-state index contributed by atoms with van der Waals surface area (Å²) in [5.74, 6) is 0.967. The van der Waals surface area contributed by atoms with E-state index < -0.39 is 0 Å². The highest BCUT2D eigenvalue weighted by Gasteiger charge is 2.13. The first-order valence-corrected chi connectivity index (χ1v) is 7.55. The molecule has 0 aromatic heterocycles. The second-order valence-corrected chi connectivity index (χ2v) is 5.66. The van der Waals surface area contributed by atoms with E-state index >= 15 is 0 Å². The Morgan fingerprint density at radius 1 is 1.00 bits per heavy atom. The molecule has 0 heterocycles. The highest BCUT2D eigenvalue weighted by Crippen LogP contribution is 2.21. The average molecular weight is 283 g/mol. The molecule has 2 nitrogen and oxygen atoms in total. The minimum absolute atomic E-state index is 0.343. The third kappa shape index (κ3) is 4.08. The third-order valence-corrected chi connectivity index (χ3v) is 3.91. The van der Waals surface area contributed by atoms with Gasteiger partial charge in [-0.05, 0) is 49.9 Å². The van der Waals surface area contributed by atoms with E-state index in [1.54, 1.807) is 7.11 Å². The van der Waals surface area contributed by atoms with Crippen LogP contribution in [-0.4, -0.2) is 13.2 Å². The van der Waals surface area contributed by atoms with E-state index in [9.17, 15) is 0 Å². The van der Waals surface area contributed by atoms with Crippen molar-refractivity contribution in [2.45, 2.75) is 39.3 Å². The van der Waals surface area contributed by atoms with Gasteiger partial charge in [-0.2, -0.15) is 0 Å². The molecular weight excluding hydrogens is 258 g/mol. The number of ether oxygens (including phenoxy) is 1. The van der Waals surface area contributed by atoms with Crippen LogP contribution in [0.25, 0.3) is 0 Å². The van der Waals surface area contributed by atoms with Crippen LogP contribution in [0.2, 0.25) is 0 Å². The summed E-state index contributed by atoms with van der Waals surface area (Å²) in [4.78, 5) is 0. The van der Waals surface area contributed by atoms with E-state index in [4.69, 9.17) is 4.74 Å². The Hall–Kier alpha value is -1.80. The van der Waals surface area contributed by atoms with Crippen LogP contribution in [0.3, 0.4) is 0 Å². The molecule has 0 spiro atoms. The van der Waals surface area contributed by atoms with Crippen molar-refractivity contribution in [3.05, 3.63) is 65.2 Å². The first-order valence-electron chi connectivity index (χ1n) is 7.55. The molecule has 2 aromatic carbocycles. The first-order chi connectivity index (χ1) is 10.1. The number of benzene rings is 2. The van der Waals surface area contributed by atoms with Crippen LogP contribution in [-0.2, 0) is 6.42 Å². The monoisotopic (exact) mass is 283 g/mol. The largest absolute Gasteiger partial charge is 0.496 e. The standard InChI is InChI=1S/C19H25NO/c1-14-9-5-7-11-18(14)16(3)20-15(2)13-17-10-6-8-12-19(17)21-4/h5-12,15-16,20H,13H2,1-4H3/t15?,16-/m1/s1. The molecule has 2 heteroatoms. The highest BCUT2D eigenvalue weighted by atomic mass is 16.5. The maximum absolute atomic E-state index is 5.43. The van der Waals surface area contributed by atoms with Crippen LogP contribution in [0, 0.1) is 6.92 Å². The van der Waals surface area contributed by atoms with Gasteiger partial charge in [0.05, 0.1) is 7.11 Å². The zero-order valence-corrected chi connectivity index (χ0v) is 13.4. The molecule has 0 bridgehead atoms. The number of nitrogens with one attached hydrogen (secondary N) is 1. The summed E-state index contributed by atoms with van der Waals surface area (Å²) >= 11 is 0. The molecule has 0 aliphatic rings. The summed E-state index contributed by atoms with van der Waals surface area (Å²) in [6, 6.07) is 17.5. The number of rotatable bonds is 6. The maximum atomic E-state index is 5.43. The zero-order valence-electron chi connectivity index (χ0n) is 13.4. The van der Waals surface area contributed by atoms with Crippen molar-refractivity contribution >= 4 is 0 Å². The molecular formula is C19H25NO. The molecule has 21 heavy (non-hydrogen) atoms. The van der Waals surface area contributed by atoms with Crippen LogP contribution in [0.15, 0.2) is 48.5 Å². The number of hydrogen-bond acceptors (Lipinski definition) is 2. The Kier molecular flexibility index (Phi) is 5.40. The molecule has 0 saturated heterocycles. The van der Waals surface area contributed by atoms with Crippen molar-refractivity contribution in [3.8, 4) is 5.75 Å². The number of hydrogen-bond donors (Lipinski definition) is 1. The summed E-state index contributed by atoms with van der Waals surface area (Å²) in [5.41, 5.74) is 3.95. The zero-order chi connectivity index (χ0) is 15.2. The van der Waals surface area contributed by atoms with Crippen molar-refractivity contribution in [1.29, 1.82) is 0 Å². The van der Waals surface area contributed by atoms with Crippen molar-refractivity contribution in [2.75, 3.05) is 7.11 Å². The van der Waals surface area contributed by atoms with E-state index in [-0.39, 0.29) is 0 Å². The number of para-hydroxylation sites is 1. The quantitative estimate of drug-likeness (QED) is 0.854. The van der Waals surface area contributed by atoms with Gasteiger partial charge < -0.3 is 10.1 Å². The van der Waals surface area contributed by atoms with Gasteiger partial charge in [-0.15, -0.1) is 0 Å². The van der Waals surface area contributed by atoms with Crippen LogP contribution in [0.4, 0.5) is 0 Å². The Morgan fingerprint density at radius 2 is 1.67 bits per heavy atom. The van der Waals surface area contributed by atoms with Gasteiger partial charge in [0.25, 0.3) is 0 Å². The Bertz CT molecular complexity index is 579. The molecule has 112 valence electrons. The molecule has 0 radical (unpaired) electrons.